The van der Waals surface area contributed by atoms with E-state index in [1.54, 1.807) is 0 Å². The Labute approximate surface area is 169 Å². The first kappa shape index (κ1) is 17.9. The molecule has 4 aromatic rings. The molecule has 2 N–H and O–H groups in total. The Morgan fingerprint density at radius 1 is 0.966 bits per heavy atom. The molecule has 0 amide bonds. The van der Waals surface area contributed by atoms with Gasteiger partial charge in [0.1, 0.15) is 5.82 Å². The quantitative estimate of drug-likeness (QED) is 0.584. The van der Waals surface area contributed by atoms with Gasteiger partial charge in [0, 0.05) is 72.7 Å². The summed E-state index contributed by atoms with van der Waals surface area (Å²) in [6.07, 6.45) is 11.7. The van der Waals surface area contributed by atoms with E-state index in [0.717, 1.165) is 59.5 Å². The summed E-state index contributed by atoms with van der Waals surface area (Å²) in [5, 5.41) is 8.75. The van der Waals surface area contributed by atoms with Crippen molar-refractivity contribution in [2.24, 2.45) is 12.8 Å². The summed E-state index contributed by atoms with van der Waals surface area (Å²) in [6, 6.07) is 8.47. The number of fused-ring (bicyclic) bond motifs is 1. The molecule has 0 aromatic carbocycles. The molecule has 0 atom stereocenters. The van der Waals surface area contributed by atoms with Crippen LogP contribution in [0, 0.1) is 0 Å². The van der Waals surface area contributed by atoms with Gasteiger partial charge < -0.3 is 10.6 Å². The molecule has 4 aromatic heterocycles. The smallest absolute Gasteiger partial charge is 0.128 e. The Kier molecular flexibility index (Phi) is 4.13. The maximum Gasteiger partial charge on any atom is 0.128 e. The van der Waals surface area contributed by atoms with Crippen LogP contribution in [-0.4, -0.2) is 43.0 Å². The number of aromatic nitrogens is 5. The third kappa shape index (κ3) is 3.38. The van der Waals surface area contributed by atoms with Gasteiger partial charge in [-0.15, -0.1) is 0 Å². The Balaban J connectivity index is 1.50. The highest BCUT2D eigenvalue weighted by Crippen LogP contribution is 2.31. The molecule has 0 unspecified atom stereocenters. The third-order valence-corrected chi connectivity index (χ3v) is 5.83. The maximum atomic E-state index is 6.26. The molecule has 1 aliphatic rings. The molecular formula is C22H25N7. The number of nitrogens with zero attached hydrogens (tertiary/aromatic N) is 6. The first-order valence-corrected chi connectivity index (χ1v) is 9.95. The number of nitrogens with two attached hydrogens (primary N) is 1. The van der Waals surface area contributed by atoms with E-state index in [9.17, 15) is 0 Å². The number of hydrogen-bond donors (Lipinski definition) is 1. The first-order valence-electron chi connectivity index (χ1n) is 9.95. The number of anilines is 1. The van der Waals surface area contributed by atoms with Crippen LogP contribution in [-0.2, 0) is 7.05 Å². The number of rotatable bonds is 3. The highest BCUT2D eigenvalue weighted by Gasteiger charge is 2.26. The second-order valence-corrected chi connectivity index (χ2v) is 8.25. The van der Waals surface area contributed by atoms with Gasteiger partial charge in [0.2, 0.25) is 0 Å². The summed E-state index contributed by atoms with van der Waals surface area (Å²) in [5.74, 6) is 1.01. The van der Waals surface area contributed by atoms with Gasteiger partial charge in [-0.25, -0.2) is 9.50 Å². The predicted molar refractivity (Wildman–Crippen MR) is 115 cm³/mol. The van der Waals surface area contributed by atoms with E-state index >= 15 is 0 Å². The van der Waals surface area contributed by atoms with Gasteiger partial charge in [-0.3, -0.25) is 4.68 Å². The van der Waals surface area contributed by atoms with Gasteiger partial charge in [-0.2, -0.15) is 10.2 Å². The van der Waals surface area contributed by atoms with Crippen LogP contribution in [0.4, 0.5) is 5.82 Å². The zero-order chi connectivity index (χ0) is 20.0. The average Bonchev–Trinajstić information content (AvgIpc) is 3.36. The van der Waals surface area contributed by atoms with Crippen LogP contribution < -0.4 is 10.6 Å². The summed E-state index contributed by atoms with van der Waals surface area (Å²) in [4.78, 5) is 7.08. The highest BCUT2D eigenvalue weighted by molar-refractivity contribution is 5.84. The SMILES string of the molecule is Cn1cc(-c2cc(-c3ccc(N4CCC(C)(N)CC4)nc3)c3ccnn3c2)cn1. The van der Waals surface area contributed by atoms with Crippen molar-refractivity contribution in [1.29, 1.82) is 0 Å². The molecule has 29 heavy (non-hydrogen) atoms. The standard InChI is InChI=1S/C22H25N7/c1-22(23)6-9-28(10-7-22)21-4-3-16(12-24-21)19-11-17(18-13-26-27(2)14-18)15-29-20(19)5-8-25-29/h3-5,8,11-15H,6-7,9-10,23H2,1-2H3. The van der Waals surface area contributed by atoms with Crippen molar-refractivity contribution in [3.63, 3.8) is 0 Å². The fourth-order valence-electron chi connectivity index (χ4n) is 3.97. The van der Waals surface area contributed by atoms with Crippen LogP contribution >= 0.6 is 0 Å². The third-order valence-electron chi connectivity index (χ3n) is 5.83. The lowest BCUT2D eigenvalue weighted by atomic mass is 9.91. The van der Waals surface area contributed by atoms with Gasteiger partial charge in [0.15, 0.2) is 0 Å². The van der Waals surface area contributed by atoms with E-state index < -0.39 is 0 Å². The van der Waals surface area contributed by atoms with E-state index in [1.807, 2.05) is 53.3 Å². The van der Waals surface area contributed by atoms with Crippen molar-refractivity contribution in [3.05, 3.63) is 55.2 Å². The molecule has 1 aliphatic heterocycles. The van der Waals surface area contributed by atoms with E-state index in [0.29, 0.717) is 0 Å². The van der Waals surface area contributed by atoms with Crippen molar-refractivity contribution < 1.29 is 0 Å². The maximum absolute atomic E-state index is 6.26. The van der Waals surface area contributed by atoms with Crippen molar-refractivity contribution >= 4 is 11.3 Å². The zero-order valence-electron chi connectivity index (χ0n) is 16.8. The minimum absolute atomic E-state index is 0.0587. The number of hydrogen-bond acceptors (Lipinski definition) is 5. The largest absolute Gasteiger partial charge is 0.356 e. The summed E-state index contributed by atoms with van der Waals surface area (Å²) in [7, 11) is 1.92. The lowest BCUT2D eigenvalue weighted by Crippen LogP contribution is -2.48. The average molecular weight is 387 g/mol. The van der Waals surface area contributed by atoms with Crippen LogP contribution in [0.1, 0.15) is 19.8 Å². The minimum atomic E-state index is -0.0587. The van der Waals surface area contributed by atoms with Crippen LogP contribution in [0.3, 0.4) is 0 Å². The minimum Gasteiger partial charge on any atom is -0.356 e. The van der Waals surface area contributed by atoms with Crippen molar-refractivity contribution in [1.82, 2.24) is 24.4 Å². The van der Waals surface area contributed by atoms with Gasteiger partial charge in [-0.05, 0) is 44.0 Å². The van der Waals surface area contributed by atoms with Crippen molar-refractivity contribution in [2.75, 3.05) is 18.0 Å². The van der Waals surface area contributed by atoms with Crippen LogP contribution in [0.15, 0.2) is 55.2 Å². The molecule has 1 fully saturated rings. The molecule has 0 aliphatic carbocycles. The highest BCUT2D eigenvalue weighted by atomic mass is 15.2. The number of piperidine rings is 1. The monoisotopic (exact) mass is 387 g/mol. The lowest BCUT2D eigenvalue weighted by molar-refractivity contribution is 0.363. The van der Waals surface area contributed by atoms with E-state index in [-0.39, 0.29) is 5.54 Å². The van der Waals surface area contributed by atoms with Crippen molar-refractivity contribution in [3.8, 4) is 22.3 Å². The molecule has 0 radical (unpaired) electrons. The molecule has 7 nitrogen and oxygen atoms in total. The van der Waals surface area contributed by atoms with E-state index in [4.69, 9.17) is 10.7 Å². The first-order chi connectivity index (χ1) is 14.0. The molecule has 7 heteroatoms. The molecular weight excluding hydrogens is 362 g/mol. The Morgan fingerprint density at radius 2 is 1.79 bits per heavy atom. The van der Waals surface area contributed by atoms with Crippen LogP contribution in [0.2, 0.25) is 0 Å². The molecule has 148 valence electrons. The van der Waals surface area contributed by atoms with Gasteiger partial charge in [-0.1, -0.05) is 0 Å². The summed E-state index contributed by atoms with van der Waals surface area (Å²) < 4.78 is 3.72. The number of pyridine rings is 2. The van der Waals surface area contributed by atoms with E-state index in [1.165, 1.54) is 0 Å². The van der Waals surface area contributed by atoms with Gasteiger partial charge >= 0.3 is 0 Å². The summed E-state index contributed by atoms with van der Waals surface area (Å²) >= 11 is 0. The van der Waals surface area contributed by atoms with Crippen molar-refractivity contribution in [2.45, 2.75) is 25.3 Å². The lowest BCUT2D eigenvalue weighted by Gasteiger charge is -2.37. The zero-order valence-corrected chi connectivity index (χ0v) is 16.8. The second kappa shape index (κ2) is 6.70. The predicted octanol–water partition coefficient (Wildman–Crippen LogP) is 3.11. The van der Waals surface area contributed by atoms with Crippen LogP contribution in [0.5, 0.6) is 0 Å². The molecule has 5 heterocycles. The van der Waals surface area contributed by atoms with E-state index in [2.05, 4.69) is 40.2 Å². The van der Waals surface area contributed by atoms with Gasteiger partial charge in [0.25, 0.3) is 0 Å². The summed E-state index contributed by atoms with van der Waals surface area (Å²) in [6.45, 7) is 4.03. The molecule has 5 rings (SSSR count). The topological polar surface area (TPSA) is 77.3 Å². The second-order valence-electron chi connectivity index (χ2n) is 8.25. The molecule has 0 spiro atoms. The molecule has 1 saturated heterocycles. The Hall–Kier alpha value is -3.19. The normalized spacial score (nSPS) is 16.4. The fraction of sp³-hybridized carbons (Fsp3) is 0.318. The summed E-state index contributed by atoms with van der Waals surface area (Å²) in [5.41, 5.74) is 11.6. The van der Waals surface area contributed by atoms with Gasteiger partial charge in [0.05, 0.1) is 11.7 Å². The molecule has 0 saturated carbocycles. The Morgan fingerprint density at radius 3 is 2.48 bits per heavy atom. The fourth-order valence-corrected chi connectivity index (χ4v) is 3.97. The number of aryl methyl sites for hydroxylation is 1. The van der Waals surface area contributed by atoms with Crippen LogP contribution in [0.25, 0.3) is 27.8 Å². The molecule has 0 bridgehead atoms. The Bertz CT molecular complexity index is 1140.